The van der Waals surface area contributed by atoms with Crippen molar-refractivity contribution in [1.29, 1.82) is 0 Å². The average molecular weight is 515 g/mol. The van der Waals surface area contributed by atoms with Crippen LogP contribution in [0.5, 0.6) is 11.8 Å². The van der Waals surface area contributed by atoms with Gasteiger partial charge in [-0.15, -0.1) is 0 Å². The summed E-state index contributed by atoms with van der Waals surface area (Å²) in [7, 11) is 3.15. The Kier molecular flexibility index (Phi) is 8.09. The van der Waals surface area contributed by atoms with E-state index in [9.17, 15) is 9.59 Å². The van der Waals surface area contributed by atoms with Gasteiger partial charge in [-0.1, -0.05) is 35.9 Å². The molecule has 2 aromatic carbocycles. The van der Waals surface area contributed by atoms with Gasteiger partial charge in [-0.25, -0.2) is 4.79 Å². The fourth-order valence-corrected chi connectivity index (χ4v) is 3.94. The summed E-state index contributed by atoms with van der Waals surface area (Å²) in [6, 6.07) is 14.9. The predicted octanol–water partition coefficient (Wildman–Crippen LogP) is 2.19. The molecular weight excluding hydrogens is 488 g/mol. The van der Waals surface area contributed by atoms with Crippen molar-refractivity contribution in [3.63, 3.8) is 0 Å². The van der Waals surface area contributed by atoms with Crippen molar-refractivity contribution in [3.8, 4) is 11.8 Å². The van der Waals surface area contributed by atoms with Crippen molar-refractivity contribution in [2.45, 2.75) is 19.7 Å². The summed E-state index contributed by atoms with van der Waals surface area (Å²) in [5.41, 5.74) is 1.15. The SMILES string of the molecule is COc1cccc(COc2nc3c(c(=O)n(CCOCCO)c(=O)n3C)n2Cc2ccc(Cl)cc2)c1. The van der Waals surface area contributed by atoms with Crippen molar-refractivity contribution >= 4 is 22.8 Å². The normalized spacial score (nSPS) is 11.2. The van der Waals surface area contributed by atoms with Crippen LogP contribution in [0.4, 0.5) is 0 Å². The lowest BCUT2D eigenvalue weighted by Crippen LogP contribution is -2.40. The maximum absolute atomic E-state index is 13.5. The molecule has 0 radical (unpaired) electrons. The van der Waals surface area contributed by atoms with Gasteiger partial charge in [0.15, 0.2) is 11.2 Å². The van der Waals surface area contributed by atoms with E-state index in [-0.39, 0.29) is 56.7 Å². The summed E-state index contributed by atoms with van der Waals surface area (Å²) in [6.45, 7) is 0.564. The molecule has 190 valence electrons. The van der Waals surface area contributed by atoms with E-state index in [1.54, 1.807) is 30.9 Å². The number of rotatable bonds is 11. The first-order valence-corrected chi connectivity index (χ1v) is 11.7. The van der Waals surface area contributed by atoms with E-state index < -0.39 is 11.2 Å². The van der Waals surface area contributed by atoms with Crippen LogP contribution in [0.1, 0.15) is 11.1 Å². The van der Waals surface area contributed by atoms with Crippen LogP contribution in [0.2, 0.25) is 5.02 Å². The van der Waals surface area contributed by atoms with Crippen molar-refractivity contribution in [2.75, 3.05) is 26.9 Å². The van der Waals surface area contributed by atoms with Crippen LogP contribution in [0.3, 0.4) is 0 Å². The smallest absolute Gasteiger partial charge is 0.332 e. The monoisotopic (exact) mass is 514 g/mol. The molecule has 4 rings (SSSR count). The second-order valence-electron chi connectivity index (χ2n) is 8.05. The number of halogens is 1. The molecule has 4 aromatic rings. The van der Waals surface area contributed by atoms with Crippen LogP contribution < -0.4 is 20.7 Å². The quantitative estimate of drug-likeness (QED) is 0.305. The number of imidazole rings is 1. The number of hydrogen-bond acceptors (Lipinski definition) is 7. The largest absolute Gasteiger partial charge is 0.497 e. The van der Waals surface area contributed by atoms with Gasteiger partial charge in [0.1, 0.15) is 12.4 Å². The molecule has 0 aliphatic rings. The molecule has 0 aliphatic carbocycles. The number of aliphatic hydroxyl groups excluding tert-OH is 1. The summed E-state index contributed by atoms with van der Waals surface area (Å²) in [4.78, 5) is 31.0. The first kappa shape index (κ1) is 25.5. The van der Waals surface area contributed by atoms with Crippen LogP contribution in [-0.4, -0.2) is 50.7 Å². The number of methoxy groups -OCH3 is 1. The van der Waals surface area contributed by atoms with Crippen molar-refractivity contribution in [1.82, 2.24) is 18.7 Å². The van der Waals surface area contributed by atoms with Crippen LogP contribution in [-0.2, 0) is 31.5 Å². The summed E-state index contributed by atoms with van der Waals surface area (Å²) in [5, 5.41) is 9.51. The van der Waals surface area contributed by atoms with E-state index >= 15 is 0 Å². The molecule has 0 spiro atoms. The molecule has 0 bridgehead atoms. The molecule has 0 atom stereocenters. The maximum Gasteiger partial charge on any atom is 0.332 e. The van der Waals surface area contributed by atoms with Gasteiger partial charge in [0.25, 0.3) is 11.6 Å². The third-order valence-corrected chi connectivity index (χ3v) is 5.90. The highest BCUT2D eigenvalue weighted by molar-refractivity contribution is 6.30. The standard InChI is InChI=1S/C25H27ClN4O6/c1-28-22-21(23(32)29(25(28)33)10-12-35-13-11-31)30(15-17-6-8-19(26)9-7-17)24(27-22)36-16-18-4-3-5-20(14-18)34-2/h3-9,14,31H,10-13,15-16H2,1-2H3. The number of aryl methyl sites for hydroxylation is 1. The van der Waals surface area contributed by atoms with Gasteiger partial charge < -0.3 is 19.3 Å². The molecular formula is C25H27ClN4O6. The van der Waals surface area contributed by atoms with Gasteiger partial charge >= 0.3 is 5.69 Å². The van der Waals surface area contributed by atoms with Crippen LogP contribution in [0, 0.1) is 0 Å². The number of fused-ring (bicyclic) bond motifs is 1. The van der Waals surface area contributed by atoms with E-state index in [0.717, 1.165) is 15.7 Å². The lowest BCUT2D eigenvalue weighted by molar-refractivity contribution is 0.0858. The second kappa shape index (κ2) is 11.4. The zero-order valence-corrected chi connectivity index (χ0v) is 20.8. The van der Waals surface area contributed by atoms with E-state index in [1.165, 1.54) is 4.57 Å². The van der Waals surface area contributed by atoms with E-state index in [0.29, 0.717) is 10.8 Å². The van der Waals surface area contributed by atoms with Gasteiger partial charge in [0.05, 0.1) is 40.0 Å². The van der Waals surface area contributed by atoms with Crippen LogP contribution in [0.25, 0.3) is 11.2 Å². The second-order valence-corrected chi connectivity index (χ2v) is 8.49. The number of nitrogens with zero attached hydrogens (tertiary/aromatic N) is 4. The lowest BCUT2D eigenvalue weighted by Gasteiger charge is -2.12. The summed E-state index contributed by atoms with van der Waals surface area (Å²) in [5.74, 6) is 0.694. The predicted molar refractivity (Wildman–Crippen MR) is 135 cm³/mol. The third kappa shape index (κ3) is 5.46. The highest BCUT2D eigenvalue weighted by Gasteiger charge is 2.21. The molecule has 0 aliphatic heterocycles. The van der Waals surface area contributed by atoms with Gasteiger partial charge in [-0.05, 0) is 35.4 Å². The van der Waals surface area contributed by atoms with E-state index in [1.807, 2.05) is 36.4 Å². The Hall–Kier alpha value is -3.60. The molecule has 0 amide bonds. The Morgan fingerprint density at radius 2 is 1.81 bits per heavy atom. The molecule has 0 fully saturated rings. The zero-order valence-electron chi connectivity index (χ0n) is 20.0. The minimum Gasteiger partial charge on any atom is -0.497 e. The lowest BCUT2D eigenvalue weighted by atomic mass is 10.2. The molecule has 0 unspecified atom stereocenters. The first-order chi connectivity index (χ1) is 17.4. The van der Waals surface area contributed by atoms with Crippen LogP contribution >= 0.6 is 11.6 Å². The minimum absolute atomic E-state index is 0.0353. The number of benzene rings is 2. The fourth-order valence-electron chi connectivity index (χ4n) is 3.81. The Balaban J connectivity index is 1.78. The van der Waals surface area contributed by atoms with Gasteiger partial charge in [-0.2, -0.15) is 4.98 Å². The molecule has 0 saturated heterocycles. The molecule has 0 saturated carbocycles. The fraction of sp³-hybridized carbons (Fsp3) is 0.320. The topological polar surface area (TPSA) is 110 Å². The number of ether oxygens (including phenoxy) is 3. The minimum atomic E-state index is -0.518. The summed E-state index contributed by atoms with van der Waals surface area (Å²) in [6.07, 6.45) is 0. The van der Waals surface area contributed by atoms with E-state index in [4.69, 9.17) is 30.9 Å². The van der Waals surface area contributed by atoms with Crippen molar-refractivity contribution in [2.24, 2.45) is 7.05 Å². The number of aliphatic hydroxyl groups is 1. The number of aromatic nitrogens is 4. The molecule has 1 N–H and O–H groups in total. The molecule has 36 heavy (non-hydrogen) atoms. The number of hydrogen-bond donors (Lipinski definition) is 1. The zero-order chi connectivity index (χ0) is 25.7. The summed E-state index contributed by atoms with van der Waals surface area (Å²) >= 11 is 6.04. The molecule has 2 aromatic heterocycles. The molecule has 11 heteroatoms. The van der Waals surface area contributed by atoms with Gasteiger partial charge in [0.2, 0.25) is 0 Å². The first-order valence-electron chi connectivity index (χ1n) is 11.3. The maximum atomic E-state index is 13.5. The van der Waals surface area contributed by atoms with Crippen molar-refractivity contribution < 1.29 is 19.3 Å². The molecule has 10 nitrogen and oxygen atoms in total. The molecule has 2 heterocycles. The van der Waals surface area contributed by atoms with Gasteiger partial charge in [0, 0.05) is 12.1 Å². The highest BCUT2D eigenvalue weighted by Crippen LogP contribution is 2.22. The van der Waals surface area contributed by atoms with Crippen molar-refractivity contribution in [3.05, 3.63) is 85.5 Å². The summed E-state index contributed by atoms with van der Waals surface area (Å²) < 4.78 is 20.7. The van der Waals surface area contributed by atoms with Gasteiger partial charge in [-0.3, -0.25) is 18.5 Å². The third-order valence-electron chi connectivity index (χ3n) is 5.65. The highest BCUT2D eigenvalue weighted by atomic mass is 35.5. The Labute approximate surface area is 211 Å². The average Bonchev–Trinajstić information content (AvgIpc) is 3.25. The van der Waals surface area contributed by atoms with Crippen LogP contribution in [0.15, 0.2) is 58.1 Å². The Morgan fingerprint density at radius 1 is 1.03 bits per heavy atom. The van der Waals surface area contributed by atoms with E-state index in [2.05, 4.69) is 4.98 Å². The Bertz CT molecular complexity index is 1460. The Morgan fingerprint density at radius 3 is 2.53 bits per heavy atom.